The third-order valence-electron chi connectivity index (χ3n) is 3.14. The summed E-state index contributed by atoms with van der Waals surface area (Å²) < 4.78 is 25.0. The van der Waals surface area contributed by atoms with Gasteiger partial charge in [-0.1, -0.05) is 24.6 Å². The third-order valence-corrected chi connectivity index (χ3v) is 3.47. The average molecular weight is 312 g/mol. The van der Waals surface area contributed by atoms with Gasteiger partial charge in [-0.05, 0) is 37.2 Å². The summed E-state index contributed by atoms with van der Waals surface area (Å²) in [5, 5.41) is 3.66. The number of benzene rings is 1. The van der Waals surface area contributed by atoms with Crippen molar-refractivity contribution in [3.05, 3.63) is 58.3 Å². The maximum Gasteiger partial charge on any atom is 0.129 e. The van der Waals surface area contributed by atoms with Crippen molar-refractivity contribution in [2.45, 2.75) is 26.0 Å². The van der Waals surface area contributed by atoms with Gasteiger partial charge in [0, 0.05) is 17.7 Å². The van der Waals surface area contributed by atoms with Crippen molar-refractivity contribution in [1.82, 2.24) is 5.32 Å². The van der Waals surface area contributed by atoms with E-state index in [1.54, 1.807) is 19.2 Å². The molecular weight excluding hydrogens is 293 g/mol. The summed E-state index contributed by atoms with van der Waals surface area (Å²) in [6.07, 6.45) is 0.925. The average Bonchev–Trinajstić information content (AvgIpc) is 2.91. The first-order valence-corrected chi connectivity index (χ1v) is 7.30. The highest BCUT2D eigenvalue weighted by Gasteiger charge is 2.23. The smallest absolute Gasteiger partial charge is 0.129 e. The van der Waals surface area contributed by atoms with Crippen LogP contribution in [0.15, 0.2) is 34.7 Å². The topological polar surface area (TPSA) is 34.4 Å². The first-order valence-electron chi connectivity index (χ1n) is 6.92. The van der Waals surface area contributed by atoms with E-state index in [4.69, 9.17) is 20.8 Å². The first-order chi connectivity index (χ1) is 10.2. The highest BCUT2D eigenvalue weighted by Crippen LogP contribution is 2.31. The van der Waals surface area contributed by atoms with Crippen molar-refractivity contribution in [2.24, 2.45) is 0 Å². The molecule has 0 spiro atoms. The van der Waals surface area contributed by atoms with Gasteiger partial charge in [0.15, 0.2) is 0 Å². The molecule has 2 rings (SSSR count). The van der Waals surface area contributed by atoms with Crippen LogP contribution in [0.5, 0.6) is 0 Å². The van der Waals surface area contributed by atoms with Gasteiger partial charge in [0.05, 0.1) is 6.04 Å². The number of methoxy groups -OCH3 is 1. The van der Waals surface area contributed by atoms with Crippen LogP contribution in [0, 0.1) is 5.82 Å². The van der Waals surface area contributed by atoms with Crippen LogP contribution in [0.2, 0.25) is 5.02 Å². The van der Waals surface area contributed by atoms with Gasteiger partial charge in [0.25, 0.3) is 0 Å². The quantitative estimate of drug-likeness (QED) is 0.827. The van der Waals surface area contributed by atoms with Crippen molar-refractivity contribution in [2.75, 3.05) is 13.7 Å². The van der Waals surface area contributed by atoms with Gasteiger partial charge < -0.3 is 14.5 Å². The van der Waals surface area contributed by atoms with E-state index in [1.165, 1.54) is 6.07 Å². The minimum absolute atomic E-state index is 0.346. The molecule has 0 saturated carbocycles. The van der Waals surface area contributed by atoms with Crippen molar-refractivity contribution in [3.63, 3.8) is 0 Å². The van der Waals surface area contributed by atoms with Crippen LogP contribution in [0.25, 0.3) is 0 Å². The monoisotopic (exact) mass is 311 g/mol. The second-order valence-corrected chi connectivity index (χ2v) is 5.17. The Morgan fingerprint density at radius 3 is 2.81 bits per heavy atom. The first kappa shape index (κ1) is 16.0. The van der Waals surface area contributed by atoms with Crippen molar-refractivity contribution in [3.8, 4) is 0 Å². The molecule has 1 atom stereocenters. The number of furan rings is 1. The Labute approximate surface area is 129 Å². The van der Waals surface area contributed by atoms with Gasteiger partial charge in [-0.2, -0.15) is 0 Å². The van der Waals surface area contributed by atoms with Crippen molar-refractivity contribution >= 4 is 11.6 Å². The Kier molecular flexibility index (Phi) is 5.79. The number of ether oxygens (including phenoxy) is 1. The lowest BCUT2D eigenvalue weighted by Gasteiger charge is -2.18. The Hall–Kier alpha value is -1.36. The predicted octanol–water partition coefficient (Wildman–Crippen LogP) is 4.31. The summed E-state index contributed by atoms with van der Waals surface area (Å²) in [4.78, 5) is 0. The summed E-state index contributed by atoms with van der Waals surface area (Å²) in [6.45, 7) is 3.16. The second-order valence-electron chi connectivity index (χ2n) is 4.76. The summed E-state index contributed by atoms with van der Waals surface area (Å²) in [5.74, 6) is 0.978. The molecular formula is C16H19ClFNO2. The largest absolute Gasteiger partial charge is 0.462 e. The van der Waals surface area contributed by atoms with E-state index in [9.17, 15) is 4.39 Å². The van der Waals surface area contributed by atoms with E-state index in [0.29, 0.717) is 28.7 Å². The molecule has 114 valence electrons. The van der Waals surface area contributed by atoms with Crippen LogP contribution in [0.1, 0.15) is 36.5 Å². The fourth-order valence-electron chi connectivity index (χ4n) is 2.19. The Morgan fingerprint density at radius 1 is 1.33 bits per heavy atom. The lowest BCUT2D eigenvalue weighted by Crippen LogP contribution is -2.24. The highest BCUT2D eigenvalue weighted by atomic mass is 35.5. The molecule has 5 heteroatoms. The summed E-state index contributed by atoms with van der Waals surface area (Å²) in [7, 11) is 1.60. The summed E-state index contributed by atoms with van der Waals surface area (Å²) in [6, 6.07) is 7.92. The predicted molar refractivity (Wildman–Crippen MR) is 81.0 cm³/mol. The molecule has 0 fully saturated rings. The molecule has 0 aliphatic rings. The highest BCUT2D eigenvalue weighted by molar-refractivity contribution is 6.31. The summed E-state index contributed by atoms with van der Waals surface area (Å²) >= 11 is 6.17. The molecule has 0 aliphatic carbocycles. The molecule has 0 radical (unpaired) electrons. The van der Waals surface area contributed by atoms with E-state index in [1.807, 2.05) is 19.1 Å². The molecule has 21 heavy (non-hydrogen) atoms. The molecule has 0 aliphatic heterocycles. The molecule has 2 aromatic rings. The molecule has 1 unspecified atom stereocenters. The molecule has 0 bridgehead atoms. The molecule has 0 amide bonds. The van der Waals surface area contributed by atoms with Gasteiger partial charge in [0.2, 0.25) is 0 Å². The van der Waals surface area contributed by atoms with E-state index in [2.05, 4.69) is 5.32 Å². The van der Waals surface area contributed by atoms with Gasteiger partial charge in [-0.3, -0.25) is 0 Å². The van der Waals surface area contributed by atoms with E-state index < -0.39 is 6.04 Å². The molecule has 0 saturated heterocycles. The maximum atomic E-state index is 14.2. The fourth-order valence-corrected chi connectivity index (χ4v) is 2.46. The zero-order valence-corrected chi connectivity index (χ0v) is 12.9. The SMILES string of the molecule is CCCNC(c1ccc(COC)o1)c1c(F)cccc1Cl. The molecule has 1 aromatic carbocycles. The number of halogens is 2. The van der Waals surface area contributed by atoms with Gasteiger partial charge in [-0.15, -0.1) is 0 Å². The molecule has 1 aromatic heterocycles. The fraction of sp³-hybridized carbons (Fsp3) is 0.375. The minimum Gasteiger partial charge on any atom is -0.462 e. The van der Waals surface area contributed by atoms with Crippen LogP contribution in [0.3, 0.4) is 0 Å². The van der Waals surface area contributed by atoms with Crippen LogP contribution < -0.4 is 5.32 Å². The Bertz CT molecular complexity index is 565. The minimum atomic E-state index is -0.413. The van der Waals surface area contributed by atoms with E-state index in [0.717, 1.165) is 13.0 Å². The van der Waals surface area contributed by atoms with Crippen LogP contribution >= 0.6 is 11.6 Å². The van der Waals surface area contributed by atoms with E-state index >= 15 is 0 Å². The molecule has 1 heterocycles. The standard InChI is InChI=1S/C16H19ClFNO2/c1-3-9-19-16(14-8-7-11(21-14)10-20-2)15-12(17)5-4-6-13(15)18/h4-8,16,19H,3,9-10H2,1-2H3. The van der Waals surface area contributed by atoms with Crippen molar-refractivity contribution in [1.29, 1.82) is 0 Å². The molecule has 3 nitrogen and oxygen atoms in total. The van der Waals surface area contributed by atoms with Gasteiger partial charge in [0.1, 0.15) is 23.9 Å². The lowest BCUT2D eigenvalue weighted by molar-refractivity contribution is 0.162. The number of hydrogen-bond acceptors (Lipinski definition) is 3. The normalized spacial score (nSPS) is 12.6. The van der Waals surface area contributed by atoms with Crippen LogP contribution in [-0.2, 0) is 11.3 Å². The Morgan fingerprint density at radius 2 is 2.14 bits per heavy atom. The third kappa shape index (κ3) is 3.84. The second kappa shape index (κ2) is 7.59. The number of nitrogens with one attached hydrogen (secondary N) is 1. The van der Waals surface area contributed by atoms with Crippen LogP contribution in [0.4, 0.5) is 4.39 Å². The number of hydrogen-bond donors (Lipinski definition) is 1. The zero-order valence-electron chi connectivity index (χ0n) is 12.2. The van der Waals surface area contributed by atoms with Crippen molar-refractivity contribution < 1.29 is 13.5 Å². The summed E-state index contributed by atoms with van der Waals surface area (Å²) in [5.41, 5.74) is 0.408. The van der Waals surface area contributed by atoms with Gasteiger partial charge >= 0.3 is 0 Å². The zero-order chi connectivity index (χ0) is 15.2. The van der Waals surface area contributed by atoms with Gasteiger partial charge in [-0.25, -0.2) is 4.39 Å². The molecule has 1 N–H and O–H groups in total. The van der Waals surface area contributed by atoms with E-state index in [-0.39, 0.29) is 5.82 Å². The maximum absolute atomic E-state index is 14.2. The van der Waals surface area contributed by atoms with Crippen LogP contribution in [-0.4, -0.2) is 13.7 Å². The Balaban J connectivity index is 2.37. The lowest BCUT2D eigenvalue weighted by atomic mass is 10.0. The number of rotatable bonds is 7.